The molecule has 0 saturated carbocycles. The Labute approximate surface area is 116 Å². The Hall–Kier alpha value is -1.44. The third kappa shape index (κ3) is 6.32. The van der Waals surface area contributed by atoms with Crippen LogP contribution in [-0.2, 0) is 19.1 Å². The summed E-state index contributed by atoms with van der Waals surface area (Å²) in [6.45, 7) is 4.94. The molecule has 0 aliphatic rings. The first-order valence-corrected chi connectivity index (χ1v) is 6.74. The van der Waals surface area contributed by atoms with E-state index in [9.17, 15) is 14.4 Å². The van der Waals surface area contributed by atoms with Gasteiger partial charge in [0.2, 0.25) is 0 Å². The monoisotopic (exact) mass is 293 g/mol. The van der Waals surface area contributed by atoms with Gasteiger partial charge in [0, 0.05) is 0 Å². The molecule has 8 heteroatoms. The Morgan fingerprint density at radius 1 is 1.26 bits per heavy atom. The van der Waals surface area contributed by atoms with Crippen LogP contribution in [0.1, 0.15) is 20.8 Å². The van der Waals surface area contributed by atoms with E-state index in [0.29, 0.717) is 0 Å². The van der Waals surface area contributed by atoms with Gasteiger partial charge in [-0.2, -0.15) is 0 Å². The van der Waals surface area contributed by atoms with Crippen molar-refractivity contribution >= 4 is 29.8 Å². The standard InChI is InChI=1S/C11H19NO6S/c1-11(2,3)18-10(16)12-6(8(13)14)7(19-5)9(15)17-4/h6-7H,1-5H3,(H,12,16)(H,13,14)/t6-,7-/m0/s1. The molecule has 0 heterocycles. The van der Waals surface area contributed by atoms with E-state index in [1.807, 2.05) is 0 Å². The second-order valence-corrected chi connectivity index (χ2v) is 5.62. The fraction of sp³-hybridized carbons (Fsp3) is 0.727. The van der Waals surface area contributed by atoms with Crippen molar-refractivity contribution in [2.24, 2.45) is 0 Å². The number of hydrogen-bond acceptors (Lipinski definition) is 6. The van der Waals surface area contributed by atoms with Gasteiger partial charge in [-0.1, -0.05) is 0 Å². The summed E-state index contributed by atoms with van der Waals surface area (Å²) < 4.78 is 9.45. The van der Waals surface area contributed by atoms with E-state index in [-0.39, 0.29) is 0 Å². The third-order valence-corrected chi connectivity index (χ3v) is 2.90. The van der Waals surface area contributed by atoms with Crippen molar-refractivity contribution in [3.05, 3.63) is 0 Å². The number of carboxylic acid groups (broad SMARTS) is 1. The highest BCUT2D eigenvalue weighted by atomic mass is 32.2. The predicted octanol–water partition coefficient (Wildman–Crippen LogP) is 0.869. The molecule has 0 fully saturated rings. The van der Waals surface area contributed by atoms with Crippen LogP contribution in [-0.4, -0.2) is 53.4 Å². The molecule has 0 aromatic carbocycles. The Balaban J connectivity index is 4.88. The van der Waals surface area contributed by atoms with Crippen molar-refractivity contribution in [2.45, 2.75) is 37.7 Å². The quantitative estimate of drug-likeness (QED) is 0.725. The molecule has 7 nitrogen and oxygen atoms in total. The number of hydrogen-bond donors (Lipinski definition) is 2. The maximum atomic E-state index is 11.5. The Morgan fingerprint density at radius 3 is 2.11 bits per heavy atom. The fourth-order valence-electron chi connectivity index (χ4n) is 1.19. The van der Waals surface area contributed by atoms with Gasteiger partial charge < -0.3 is 19.9 Å². The maximum Gasteiger partial charge on any atom is 0.408 e. The lowest BCUT2D eigenvalue weighted by molar-refractivity contribution is -0.146. The third-order valence-electron chi connectivity index (χ3n) is 1.93. The van der Waals surface area contributed by atoms with Crippen LogP contribution in [0.5, 0.6) is 0 Å². The van der Waals surface area contributed by atoms with Crippen LogP contribution in [0.4, 0.5) is 4.79 Å². The van der Waals surface area contributed by atoms with Crippen molar-refractivity contribution in [1.82, 2.24) is 5.32 Å². The van der Waals surface area contributed by atoms with Gasteiger partial charge >= 0.3 is 18.0 Å². The number of alkyl carbamates (subject to hydrolysis) is 1. The first-order valence-electron chi connectivity index (χ1n) is 5.45. The average molecular weight is 293 g/mol. The van der Waals surface area contributed by atoms with Gasteiger partial charge in [0.25, 0.3) is 0 Å². The molecular formula is C11H19NO6S. The molecule has 0 spiro atoms. The van der Waals surface area contributed by atoms with Crippen molar-refractivity contribution in [2.75, 3.05) is 13.4 Å². The van der Waals surface area contributed by atoms with E-state index in [1.54, 1.807) is 27.0 Å². The summed E-state index contributed by atoms with van der Waals surface area (Å²) in [5.74, 6) is -2.06. The highest BCUT2D eigenvalue weighted by Gasteiger charge is 2.36. The number of methoxy groups -OCH3 is 1. The van der Waals surface area contributed by atoms with Crippen LogP contribution in [0.2, 0.25) is 0 Å². The number of carbonyl (C=O) groups is 3. The van der Waals surface area contributed by atoms with Crippen LogP contribution in [0.15, 0.2) is 0 Å². The summed E-state index contributed by atoms with van der Waals surface area (Å²) in [4.78, 5) is 34.1. The summed E-state index contributed by atoms with van der Waals surface area (Å²) in [6, 6.07) is -1.42. The average Bonchev–Trinajstić information content (AvgIpc) is 2.25. The van der Waals surface area contributed by atoms with Crippen molar-refractivity contribution in [1.29, 1.82) is 0 Å². The minimum Gasteiger partial charge on any atom is -0.480 e. The van der Waals surface area contributed by atoms with E-state index in [2.05, 4.69) is 10.1 Å². The molecule has 0 aliphatic carbocycles. The molecule has 0 aromatic rings. The van der Waals surface area contributed by atoms with Gasteiger partial charge in [0.05, 0.1) is 7.11 Å². The number of esters is 1. The second kappa shape index (κ2) is 7.22. The second-order valence-electron chi connectivity index (χ2n) is 4.64. The molecule has 19 heavy (non-hydrogen) atoms. The Kier molecular flexibility index (Phi) is 6.68. The SMILES string of the molecule is COC(=O)[C@@H](SC)[C@H](NC(=O)OC(C)(C)C)C(=O)O. The lowest BCUT2D eigenvalue weighted by atomic mass is 10.2. The first-order chi connectivity index (χ1) is 8.62. The van der Waals surface area contributed by atoms with E-state index < -0.39 is 34.9 Å². The first kappa shape index (κ1) is 17.6. The number of ether oxygens (including phenoxy) is 2. The van der Waals surface area contributed by atoms with Crippen LogP contribution in [0, 0.1) is 0 Å². The van der Waals surface area contributed by atoms with E-state index in [1.165, 1.54) is 0 Å². The molecule has 0 aromatic heterocycles. The Bertz CT molecular complexity index is 352. The molecular weight excluding hydrogens is 274 g/mol. The lowest BCUT2D eigenvalue weighted by Gasteiger charge is -2.24. The van der Waals surface area contributed by atoms with Gasteiger partial charge in [0.15, 0.2) is 6.04 Å². The molecule has 0 saturated heterocycles. The molecule has 0 unspecified atom stereocenters. The zero-order chi connectivity index (χ0) is 15.2. The summed E-state index contributed by atoms with van der Waals surface area (Å²) in [6.07, 6.45) is 0.650. The van der Waals surface area contributed by atoms with Gasteiger partial charge in [-0.05, 0) is 27.0 Å². The molecule has 2 atom stereocenters. The molecule has 110 valence electrons. The smallest absolute Gasteiger partial charge is 0.408 e. The maximum absolute atomic E-state index is 11.5. The number of carbonyl (C=O) groups excluding carboxylic acids is 2. The van der Waals surface area contributed by atoms with Crippen LogP contribution >= 0.6 is 11.8 Å². The largest absolute Gasteiger partial charge is 0.480 e. The minimum absolute atomic E-state index is 0.726. The van der Waals surface area contributed by atoms with Crippen LogP contribution < -0.4 is 5.32 Å². The predicted molar refractivity (Wildman–Crippen MR) is 70.1 cm³/mol. The van der Waals surface area contributed by atoms with Crippen LogP contribution in [0.25, 0.3) is 0 Å². The molecule has 1 amide bonds. The summed E-state index contributed by atoms with van der Waals surface area (Å²) in [5.41, 5.74) is -0.757. The topological polar surface area (TPSA) is 102 Å². The Morgan fingerprint density at radius 2 is 1.79 bits per heavy atom. The highest BCUT2D eigenvalue weighted by molar-refractivity contribution is 8.00. The number of aliphatic carboxylic acids is 1. The number of rotatable bonds is 5. The highest BCUT2D eigenvalue weighted by Crippen LogP contribution is 2.15. The van der Waals surface area contributed by atoms with E-state index >= 15 is 0 Å². The molecule has 0 radical (unpaired) electrons. The molecule has 2 N–H and O–H groups in total. The van der Waals surface area contributed by atoms with Crippen molar-refractivity contribution < 1.29 is 29.0 Å². The van der Waals surface area contributed by atoms with Gasteiger partial charge in [-0.15, -0.1) is 11.8 Å². The normalized spacial score (nSPS) is 14.2. The fourth-order valence-corrected chi connectivity index (χ4v) is 1.93. The number of carboxylic acids is 1. The van der Waals surface area contributed by atoms with Gasteiger partial charge in [0.1, 0.15) is 10.9 Å². The molecule has 0 bridgehead atoms. The molecule has 0 aliphatic heterocycles. The van der Waals surface area contributed by atoms with Crippen molar-refractivity contribution in [3.8, 4) is 0 Å². The van der Waals surface area contributed by atoms with Gasteiger partial charge in [-0.3, -0.25) is 4.79 Å². The summed E-state index contributed by atoms with van der Waals surface area (Å²) in [5, 5.41) is 10.2. The van der Waals surface area contributed by atoms with E-state index in [0.717, 1.165) is 18.9 Å². The zero-order valence-corrected chi connectivity index (χ0v) is 12.4. The summed E-state index contributed by atoms with van der Waals surface area (Å²) >= 11 is 0.973. The van der Waals surface area contributed by atoms with Gasteiger partial charge in [-0.25, -0.2) is 9.59 Å². The van der Waals surface area contributed by atoms with Crippen molar-refractivity contribution in [3.63, 3.8) is 0 Å². The minimum atomic E-state index is -1.42. The summed E-state index contributed by atoms with van der Waals surface area (Å²) in [7, 11) is 1.15. The van der Waals surface area contributed by atoms with Crippen LogP contribution in [0.3, 0.4) is 0 Å². The number of thioether (sulfide) groups is 1. The van der Waals surface area contributed by atoms with E-state index in [4.69, 9.17) is 9.84 Å². The number of nitrogens with one attached hydrogen (secondary N) is 1. The zero-order valence-electron chi connectivity index (χ0n) is 11.6. The molecule has 0 rings (SSSR count). The number of amides is 1. The lowest BCUT2D eigenvalue weighted by Crippen LogP contribution is -2.51.